The normalized spacial score (nSPS) is 18.4. The highest BCUT2D eigenvalue weighted by molar-refractivity contribution is 5.89. The van der Waals surface area contributed by atoms with Crippen LogP contribution in [0.25, 0.3) is 10.8 Å². The Hall–Kier alpha value is -4.55. The molecule has 11 heteroatoms. The summed E-state index contributed by atoms with van der Waals surface area (Å²) in [6.45, 7) is 3.09. The van der Waals surface area contributed by atoms with E-state index in [2.05, 4.69) is 56.3 Å². The molecule has 0 radical (unpaired) electrons. The number of H-pyrrole nitrogens is 1. The molecule has 4 aromatic carbocycles. The number of hydrogen-bond acceptors (Lipinski definition) is 10. The van der Waals surface area contributed by atoms with Gasteiger partial charge in [0.1, 0.15) is 23.1 Å². The molecule has 252 valence electrons. The van der Waals surface area contributed by atoms with Gasteiger partial charge in [0.25, 0.3) is 0 Å². The molecule has 1 saturated heterocycles. The zero-order chi connectivity index (χ0) is 33.1. The summed E-state index contributed by atoms with van der Waals surface area (Å²) in [4.78, 5) is 0. The van der Waals surface area contributed by atoms with Crippen molar-refractivity contribution in [1.82, 2.24) is 25.9 Å². The minimum Gasteiger partial charge on any atom is -0.496 e. The number of nitrogens with one attached hydrogen (secondary N) is 2. The first-order valence-electron chi connectivity index (χ1n) is 16.3. The molecule has 0 amide bonds. The van der Waals surface area contributed by atoms with E-state index in [4.69, 9.17) is 28.4 Å². The van der Waals surface area contributed by atoms with Crippen molar-refractivity contribution < 1.29 is 28.4 Å². The van der Waals surface area contributed by atoms with Gasteiger partial charge in [-0.05, 0) is 64.2 Å². The van der Waals surface area contributed by atoms with E-state index in [1.807, 2.05) is 54.6 Å². The molecule has 6 rings (SSSR count). The van der Waals surface area contributed by atoms with Crippen LogP contribution >= 0.6 is 0 Å². The molecule has 1 aliphatic heterocycles. The van der Waals surface area contributed by atoms with Gasteiger partial charge < -0.3 is 33.7 Å². The number of para-hydroxylation sites is 1. The van der Waals surface area contributed by atoms with Gasteiger partial charge in [-0.3, -0.25) is 0 Å². The van der Waals surface area contributed by atoms with E-state index in [0.29, 0.717) is 32.8 Å². The standard InChI is InChI=1S/C37H43N5O6/c1-43-32-12-7-5-10-27(32)24-46-17-8-18-47-30-15-13-25(14-16-30)36-29(21-35-39-41-42-40-35)22-38-23-34(36)48-37(45-3)28-19-26-9-4-6-11-31(26)33(20-28)44-2/h4-7,9-16,19-20,29,34,36-38H,8,17-18,21-24H2,1-3H3,(H,39,40,41,42)/t29-,34+,36+,37?/m1/s1. The van der Waals surface area contributed by atoms with Gasteiger partial charge in [0.15, 0.2) is 6.29 Å². The summed E-state index contributed by atoms with van der Waals surface area (Å²) < 4.78 is 35.8. The molecule has 0 saturated carbocycles. The molecule has 4 atom stereocenters. The molecule has 5 aromatic rings. The predicted octanol–water partition coefficient (Wildman–Crippen LogP) is 5.63. The van der Waals surface area contributed by atoms with Crippen LogP contribution in [0.5, 0.6) is 17.2 Å². The highest BCUT2D eigenvalue weighted by Gasteiger charge is 2.37. The van der Waals surface area contributed by atoms with Crippen molar-refractivity contribution >= 4 is 10.8 Å². The maximum absolute atomic E-state index is 6.82. The fourth-order valence-corrected chi connectivity index (χ4v) is 6.47. The lowest BCUT2D eigenvalue weighted by atomic mass is 9.77. The largest absolute Gasteiger partial charge is 0.496 e. The number of rotatable bonds is 16. The van der Waals surface area contributed by atoms with Gasteiger partial charge in [-0.1, -0.05) is 54.6 Å². The number of aromatic nitrogens is 4. The van der Waals surface area contributed by atoms with Gasteiger partial charge in [-0.25, -0.2) is 5.10 Å². The zero-order valence-corrected chi connectivity index (χ0v) is 27.6. The maximum Gasteiger partial charge on any atom is 0.184 e. The van der Waals surface area contributed by atoms with Crippen molar-refractivity contribution in [2.75, 3.05) is 47.6 Å². The molecular formula is C37H43N5O6. The van der Waals surface area contributed by atoms with E-state index in [1.165, 1.54) is 0 Å². The van der Waals surface area contributed by atoms with Crippen LogP contribution in [-0.4, -0.2) is 74.4 Å². The van der Waals surface area contributed by atoms with E-state index < -0.39 is 6.29 Å². The van der Waals surface area contributed by atoms with Crippen LogP contribution in [-0.2, 0) is 27.2 Å². The minimum absolute atomic E-state index is 0.0359. The Morgan fingerprint density at radius 3 is 2.46 bits per heavy atom. The first-order chi connectivity index (χ1) is 23.7. The van der Waals surface area contributed by atoms with Gasteiger partial charge in [0, 0.05) is 48.9 Å². The minimum atomic E-state index is -0.601. The van der Waals surface area contributed by atoms with E-state index in [9.17, 15) is 0 Å². The number of fused-ring (bicyclic) bond motifs is 1. The van der Waals surface area contributed by atoms with Crippen LogP contribution in [0.4, 0.5) is 0 Å². The van der Waals surface area contributed by atoms with Crippen molar-refractivity contribution in [2.24, 2.45) is 5.92 Å². The first kappa shape index (κ1) is 33.4. The fourth-order valence-electron chi connectivity index (χ4n) is 6.47. The SMILES string of the molecule is COc1ccccc1COCCCOc1ccc([C@H]2[C@H](Cc3nnn[nH]3)CNC[C@@H]2OC(OC)c2cc(OC)c3ccccc3c2)cc1. The van der Waals surface area contributed by atoms with Crippen LogP contribution in [0.3, 0.4) is 0 Å². The summed E-state index contributed by atoms with van der Waals surface area (Å²) >= 11 is 0. The third-order valence-corrected chi connectivity index (χ3v) is 8.77. The van der Waals surface area contributed by atoms with E-state index in [-0.39, 0.29) is 17.9 Å². The molecule has 2 N–H and O–H groups in total. The second kappa shape index (κ2) is 16.5. The van der Waals surface area contributed by atoms with E-state index in [1.54, 1.807) is 21.3 Å². The zero-order valence-electron chi connectivity index (χ0n) is 27.6. The Morgan fingerprint density at radius 1 is 0.854 bits per heavy atom. The van der Waals surface area contributed by atoms with Gasteiger partial charge in [0.05, 0.1) is 40.1 Å². The predicted molar refractivity (Wildman–Crippen MR) is 181 cm³/mol. The Bertz CT molecular complexity index is 1720. The molecule has 0 bridgehead atoms. The molecule has 1 fully saturated rings. The molecular weight excluding hydrogens is 610 g/mol. The van der Waals surface area contributed by atoms with Gasteiger partial charge in [0.2, 0.25) is 0 Å². The second-order valence-electron chi connectivity index (χ2n) is 11.8. The number of nitrogens with zero attached hydrogens (tertiary/aromatic N) is 3. The van der Waals surface area contributed by atoms with Crippen LogP contribution in [0, 0.1) is 5.92 Å². The summed E-state index contributed by atoms with van der Waals surface area (Å²) in [5.74, 6) is 3.36. The van der Waals surface area contributed by atoms with Gasteiger partial charge in [-0.2, -0.15) is 0 Å². The summed E-state index contributed by atoms with van der Waals surface area (Å²) in [6, 6.07) is 28.4. The van der Waals surface area contributed by atoms with Crippen LogP contribution in [0.1, 0.15) is 41.1 Å². The van der Waals surface area contributed by atoms with Crippen LogP contribution < -0.4 is 19.5 Å². The second-order valence-corrected chi connectivity index (χ2v) is 11.8. The quantitative estimate of drug-likeness (QED) is 0.102. The molecule has 0 aliphatic carbocycles. The fraction of sp³-hybridized carbons (Fsp3) is 0.378. The van der Waals surface area contributed by atoms with Gasteiger partial charge >= 0.3 is 0 Å². The van der Waals surface area contributed by atoms with E-state index in [0.717, 1.165) is 63.5 Å². The number of methoxy groups -OCH3 is 3. The Morgan fingerprint density at radius 2 is 1.67 bits per heavy atom. The maximum atomic E-state index is 6.82. The summed E-state index contributed by atoms with van der Waals surface area (Å²) in [5, 5.41) is 20.4. The monoisotopic (exact) mass is 653 g/mol. The van der Waals surface area contributed by atoms with Crippen molar-refractivity contribution in [3.05, 3.63) is 107 Å². The lowest BCUT2D eigenvalue weighted by molar-refractivity contribution is -0.172. The van der Waals surface area contributed by atoms with Gasteiger partial charge in [-0.15, -0.1) is 5.10 Å². The lowest BCUT2D eigenvalue weighted by Gasteiger charge is -2.40. The molecule has 2 heterocycles. The summed E-state index contributed by atoms with van der Waals surface area (Å²) in [7, 11) is 5.03. The van der Waals surface area contributed by atoms with Crippen molar-refractivity contribution in [3.63, 3.8) is 0 Å². The van der Waals surface area contributed by atoms with Crippen molar-refractivity contribution in [3.8, 4) is 17.2 Å². The number of piperidine rings is 1. The number of benzene rings is 4. The summed E-state index contributed by atoms with van der Waals surface area (Å²) in [5.41, 5.74) is 3.07. The lowest BCUT2D eigenvalue weighted by Crippen LogP contribution is -2.48. The highest BCUT2D eigenvalue weighted by atomic mass is 16.7. The van der Waals surface area contributed by atoms with Crippen LogP contribution in [0.15, 0.2) is 84.9 Å². The number of aromatic amines is 1. The molecule has 1 unspecified atom stereocenters. The average Bonchev–Trinajstić information content (AvgIpc) is 3.65. The van der Waals surface area contributed by atoms with E-state index >= 15 is 0 Å². The number of tetrazole rings is 1. The van der Waals surface area contributed by atoms with Crippen molar-refractivity contribution in [1.29, 1.82) is 0 Å². The Kier molecular flexibility index (Phi) is 11.5. The number of ether oxygens (including phenoxy) is 6. The smallest absolute Gasteiger partial charge is 0.184 e. The first-order valence-corrected chi connectivity index (χ1v) is 16.3. The Labute approximate surface area is 280 Å². The topological polar surface area (TPSA) is 122 Å². The highest BCUT2D eigenvalue weighted by Crippen LogP contribution is 2.39. The molecule has 11 nitrogen and oxygen atoms in total. The third-order valence-electron chi connectivity index (χ3n) is 8.77. The van der Waals surface area contributed by atoms with Crippen molar-refractivity contribution in [2.45, 2.75) is 37.8 Å². The Balaban J connectivity index is 1.13. The summed E-state index contributed by atoms with van der Waals surface area (Å²) in [6.07, 6.45) is 0.636. The molecule has 1 aliphatic rings. The van der Waals surface area contributed by atoms with Crippen LogP contribution in [0.2, 0.25) is 0 Å². The average molecular weight is 654 g/mol. The molecule has 48 heavy (non-hydrogen) atoms. The number of hydrogen-bond donors (Lipinski definition) is 2. The molecule has 1 aromatic heterocycles. The molecule has 0 spiro atoms. The third kappa shape index (κ3) is 8.11.